The SMILES string of the molecule is COCCNCC(=O)NCC(O)C1CC1. The van der Waals surface area contributed by atoms with E-state index in [4.69, 9.17) is 4.74 Å². The molecule has 1 aliphatic rings. The smallest absolute Gasteiger partial charge is 0.234 e. The van der Waals surface area contributed by atoms with Gasteiger partial charge in [0.2, 0.25) is 5.91 Å². The van der Waals surface area contributed by atoms with Gasteiger partial charge in [0.1, 0.15) is 0 Å². The third-order valence-corrected chi connectivity index (χ3v) is 2.44. The lowest BCUT2D eigenvalue weighted by molar-refractivity contribution is -0.120. The third-order valence-electron chi connectivity index (χ3n) is 2.44. The summed E-state index contributed by atoms with van der Waals surface area (Å²) in [4.78, 5) is 11.2. The zero-order chi connectivity index (χ0) is 11.1. The van der Waals surface area contributed by atoms with Gasteiger partial charge in [-0.15, -0.1) is 0 Å². The Morgan fingerprint density at radius 3 is 2.93 bits per heavy atom. The van der Waals surface area contributed by atoms with Crippen molar-refractivity contribution in [2.45, 2.75) is 18.9 Å². The Labute approximate surface area is 90.2 Å². The van der Waals surface area contributed by atoms with Crippen LogP contribution in [-0.2, 0) is 9.53 Å². The van der Waals surface area contributed by atoms with Crippen molar-refractivity contribution in [3.8, 4) is 0 Å². The normalized spacial score (nSPS) is 17.5. The van der Waals surface area contributed by atoms with Crippen molar-refractivity contribution in [3.05, 3.63) is 0 Å². The molecule has 0 bridgehead atoms. The molecular formula is C10H20N2O3. The molecule has 88 valence electrons. The molecule has 1 aliphatic carbocycles. The number of amides is 1. The lowest BCUT2D eigenvalue weighted by atomic mass is 10.2. The minimum Gasteiger partial charge on any atom is -0.391 e. The van der Waals surface area contributed by atoms with Crippen molar-refractivity contribution in [1.29, 1.82) is 0 Å². The highest BCUT2D eigenvalue weighted by atomic mass is 16.5. The van der Waals surface area contributed by atoms with Crippen LogP contribution in [0.5, 0.6) is 0 Å². The van der Waals surface area contributed by atoms with E-state index in [2.05, 4.69) is 10.6 Å². The highest BCUT2D eigenvalue weighted by molar-refractivity contribution is 5.77. The van der Waals surface area contributed by atoms with Crippen LogP contribution >= 0.6 is 0 Å². The van der Waals surface area contributed by atoms with Crippen LogP contribution < -0.4 is 10.6 Å². The number of rotatable bonds is 8. The number of hydrogen-bond acceptors (Lipinski definition) is 4. The van der Waals surface area contributed by atoms with Crippen LogP contribution in [0.2, 0.25) is 0 Å². The molecular weight excluding hydrogens is 196 g/mol. The molecule has 0 aliphatic heterocycles. The molecule has 0 spiro atoms. The molecule has 1 rings (SSSR count). The van der Waals surface area contributed by atoms with Crippen molar-refractivity contribution in [1.82, 2.24) is 10.6 Å². The number of nitrogens with one attached hydrogen (secondary N) is 2. The van der Waals surface area contributed by atoms with Gasteiger partial charge >= 0.3 is 0 Å². The van der Waals surface area contributed by atoms with Crippen LogP contribution in [0.15, 0.2) is 0 Å². The van der Waals surface area contributed by atoms with E-state index in [9.17, 15) is 9.90 Å². The monoisotopic (exact) mass is 216 g/mol. The van der Waals surface area contributed by atoms with E-state index in [0.29, 0.717) is 25.6 Å². The molecule has 1 amide bonds. The summed E-state index contributed by atoms with van der Waals surface area (Å²) in [5.74, 6) is 0.331. The first-order valence-electron chi connectivity index (χ1n) is 5.38. The van der Waals surface area contributed by atoms with E-state index in [1.807, 2.05) is 0 Å². The fraction of sp³-hybridized carbons (Fsp3) is 0.900. The van der Waals surface area contributed by atoms with Gasteiger partial charge in [0.25, 0.3) is 0 Å². The molecule has 3 N–H and O–H groups in total. The predicted octanol–water partition coefficient (Wildman–Crippen LogP) is -0.890. The molecule has 0 aromatic carbocycles. The van der Waals surface area contributed by atoms with Crippen LogP contribution in [0.3, 0.4) is 0 Å². The van der Waals surface area contributed by atoms with Gasteiger partial charge in [-0.3, -0.25) is 4.79 Å². The second-order valence-corrected chi connectivity index (χ2v) is 3.88. The molecule has 0 saturated heterocycles. The maximum absolute atomic E-state index is 11.2. The molecule has 5 heteroatoms. The van der Waals surface area contributed by atoms with Crippen LogP contribution in [0.25, 0.3) is 0 Å². The Kier molecular flexibility index (Phi) is 5.60. The summed E-state index contributed by atoms with van der Waals surface area (Å²) >= 11 is 0. The molecule has 1 saturated carbocycles. The van der Waals surface area contributed by atoms with Crippen LogP contribution in [0, 0.1) is 5.92 Å². The average Bonchev–Trinajstić information content (AvgIpc) is 3.04. The number of ether oxygens (including phenoxy) is 1. The number of carbonyl (C=O) groups is 1. The molecule has 15 heavy (non-hydrogen) atoms. The fourth-order valence-electron chi connectivity index (χ4n) is 1.30. The summed E-state index contributed by atoms with van der Waals surface area (Å²) in [6.07, 6.45) is 1.81. The van der Waals surface area contributed by atoms with Crippen molar-refractivity contribution < 1.29 is 14.6 Å². The first kappa shape index (κ1) is 12.4. The summed E-state index contributed by atoms with van der Waals surface area (Å²) in [7, 11) is 1.62. The summed E-state index contributed by atoms with van der Waals surface area (Å²) in [6, 6.07) is 0. The van der Waals surface area contributed by atoms with Crippen molar-refractivity contribution in [3.63, 3.8) is 0 Å². The minimum atomic E-state index is -0.368. The topological polar surface area (TPSA) is 70.6 Å². The van der Waals surface area contributed by atoms with E-state index < -0.39 is 0 Å². The molecule has 1 atom stereocenters. The number of hydrogen-bond donors (Lipinski definition) is 3. The first-order chi connectivity index (χ1) is 7.24. The van der Waals surface area contributed by atoms with E-state index in [-0.39, 0.29) is 18.6 Å². The number of aliphatic hydroxyl groups excluding tert-OH is 1. The summed E-state index contributed by atoms with van der Waals surface area (Å²) in [6.45, 7) is 1.91. The predicted molar refractivity (Wildman–Crippen MR) is 56.5 cm³/mol. The Balaban J connectivity index is 1.93. The maximum atomic E-state index is 11.2. The Bertz CT molecular complexity index is 195. The fourth-order valence-corrected chi connectivity index (χ4v) is 1.30. The van der Waals surface area contributed by atoms with Crippen LogP contribution in [-0.4, -0.2) is 50.5 Å². The van der Waals surface area contributed by atoms with Gasteiger partial charge in [-0.2, -0.15) is 0 Å². The Morgan fingerprint density at radius 2 is 2.33 bits per heavy atom. The van der Waals surface area contributed by atoms with Gasteiger partial charge in [-0.1, -0.05) is 0 Å². The van der Waals surface area contributed by atoms with Crippen molar-refractivity contribution in [2.75, 3.05) is 33.4 Å². The maximum Gasteiger partial charge on any atom is 0.234 e. The second-order valence-electron chi connectivity index (χ2n) is 3.88. The largest absolute Gasteiger partial charge is 0.391 e. The Morgan fingerprint density at radius 1 is 1.60 bits per heavy atom. The molecule has 0 aromatic rings. The third kappa shape index (κ3) is 5.71. The van der Waals surface area contributed by atoms with Gasteiger partial charge in [-0.05, 0) is 18.8 Å². The van der Waals surface area contributed by atoms with Gasteiger partial charge in [0, 0.05) is 20.2 Å². The van der Waals surface area contributed by atoms with Crippen molar-refractivity contribution >= 4 is 5.91 Å². The standard InChI is InChI=1S/C10H20N2O3/c1-15-5-4-11-7-10(14)12-6-9(13)8-2-3-8/h8-9,11,13H,2-7H2,1H3,(H,12,14). The van der Waals surface area contributed by atoms with E-state index in [1.54, 1.807) is 7.11 Å². The van der Waals surface area contributed by atoms with E-state index in [0.717, 1.165) is 12.8 Å². The molecule has 1 unspecified atom stereocenters. The molecule has 0 aromatic heterocycles. The van der Waals surface area contributed by atoms with E-state index >= 15 is 0 Å². The number of methoxy groups -OCH3 is 1. The lowest BCUT2D eigenvalue weighted by Gasteiger charge is -2.10. The molecule has 1 fully saturated rings. The molecule has 0 heterocycles. The zero-order valence-corrected chi connectivity index (χ0v) is 9.16. The highest BCUT2D eigenvalue weighted by Gasteiger charge is 2.29. The van der Waals surface area contributed by atoms with Crippen LogP contribution in [0.1, 0.15) is 12.8 Å². The highest BCUT2D eigenvalue weighted by Crippen LogP contribution is 2.32. The van der Waals surface area contributed by atoms with E-state index in [1.165, 1.54) is 0 Å². The quantitative estimate of drug-likeness (QED) is 0.460. The summed E-state index contributed by atoms with van der Waals surface area (Å²) < 4.78 is 4.83. The van der Waals surface area contributed by atoms with Crippen LogP contribution in [0.4, 0.5) is 0 Å². The minimum absolute atomic E-state index is 0.0780. The lowest BCUT2D eigenvalue weighted by Crippen LogP contribution is -2.39. The number of carbonyl (C=O) groups excluding carboxylic acids is 1. The summed E-state index contributed by atoms with van der Waals surface area (Å²) in [5, 5.41) is 15.1. The average molecular weight is 216 g/mol. The molecule has 5 nitrogen and oxygen atoms in total. The second kappa shape index (κ2) is 6.76. The van der Waals surface area contributed by atoms with Crippen molar-refractivity contribution in [2.24, 2.45) is 5.92 Å². The van der Waals surface area contributed by atoms with Gasteiger partial charge in [-0.25, -0.2) is 0 Å². The molecule has 0 radical (unpaired) electrons. The summed E-state index contributed by atoms with van der Waals surface area (Å²) in [5.41, 5.74) is 0. The van der Waals surface area contributed by atoms with Gasteiger partial charge in [0.05, 0.1) is 19.3 Å². The van der Waals surface area contributed by atoms with Gasteiger partial charge < -0.3 is 20.5 Å². The number of aliphatic hydroxyl groups is 1. The van der Waals surface area contributed by atoms with Gasteiger partial charge in [0.15, 0.2) is 0 Å². The first-order valence-corrected chi connectivity index (χ1v) is 5.38. The Hall–Kier alpha value is -0.650. The zero-order valence-electron chi connectivity index (χ0n) is 9.16.